The Morgan fingerprint density at radius 1 is 1.21 bits per heavy atom. The average Bonchev–Trinajstić information content (AvgIpc) is 2.66. The summed E-state index contributed by atoms with van der Waals surface area (Å²) in [5, 5.41) is 3.65. The van der Waals surface area contributed by atoms with E-state index < -0.39 is 0 Å². The first-order valence-electron chi connectivity index (χ1n) is 8.74. The zero-order valence-corrected chi connectivity index (χ0v) is 14.3. The van der Waals surface area contributed by atoms with Crippen LogP contribution in [0.3, 0.4) is 0 Å². The molecule has 1 aliphatic heterocycles. The van der Waals surface area contributed by atoms with Crippen LogP contribution in [0.4, 0.5) is 0 Å². The summed E-state index contributed by atoms with van der Waals surface area (Å²) >= 11 is 0. The molecule has 0 saturated carbocycles. The molecule has 4 nitrogen and oxygen atoms in total. The van der Waals surface area contributed by atoms with E-state index in [0.717, 1.165) is 44.0 Å². The lowest BCUT2D eigenvalue weighted by molar-refractivity contribution is 0.0558. The minimum atomic E-state index is 0.496. The first kappa shape index (κ1) is 16.9. The quantitative estimate of drug-likeness (QED) is 0.845. The van der Waals surface area contributed by atoms with Gasteiger partial charge in [-0.3, -0.25) is 4.98 Å². The van der Waals surface area contributed by atoms with Crippen molar-refractivity contribution in [3.05, 3.63) is 59.9 Å². The molecular formula is C20H26N2O2. The van der Waals surface area contributed by atoms with Crippen LogP contribution in [0, 0.1) is 5.92 Å². The third-order valence-electron chi connectivity index (χ3n) is 4.61. The number of rotatable bonds is 7. The average molecular weight is 326 g/mol. The molecule has 2 heterocycles. The highest BCUT2D eigenvalue weighted by molar-refractivity contribution is 5.28. The van der Waals surface area contributed by atoms with Gasteiger partial charge in [0.05, 0.1) is 5.69 Å². The monoisotopic (exact) mass is 326 g/mol. The van der Waals surface area contributed by atoms with Gasteiger partial charge in [0.15, 0.2) is 0 Å². The summed E-state index contributed by atoms with van der Waals surface area (Å²) in [6.07, 6.45) is 4.10. The summed E-state index contributed by atoms with van der Waals surface area (Å²) in [6, 6.07) is 14.6. The van der Waals surface area contributed by atoms with E-state index in [4.69, 9.17) is 9.47 Å². The molecule has 0 bridgehead atoms. The topological polar surface area (TPSA) is 43.4 Å². The third-order valence-corrected chi connectivity index (χ3v) is 4.61. The molecular weight excluding hydrogens is 300 g/mol. The smallest absolute Gasteiger partial charge is 0.130 e. The zero-order valence-electron chi connectivity index (χ0n) is 14.3. The highest BCUT2D eigenvalue weighted by Crippen LogP contribution is 2.19. The number of aromatic nitrogens is 1. The molecule has 1 atom stereocenters. The number of hydrogen-bond donors (Lipinski definition) is 1. The van der Waals surface area contributed by atoms with Crippen molar-refractivity contribution >= 4 is 0 Å². The van der Waals surface area contributed by atoms with Crippen LogP contribution in [0.25, 0.3) is 0 Å². The van der Waals surface area contributed by atoms with Gasteiger partial charge >= 0.3 is 0 Å². The Bertz CT molecular complexity index is 612. The molecule has 24 heavy (non-hydrogen) atoms. The van der Waals surface area contributed by atoms with Crippen LogP contribution in [0.5, 0.6) is 5.75 Å². The maximum atomic E-state index is 5.85. The number of nitrogens with zero attached hydrogens (tertiary/aromatic N) is 1. The molecule has 3 rings (SSSR count). The van der Waals surface area contributed by atoms with Crippen molar-refractivity contribution in [1.82, 2.24) is 10.3 Å². The van der Waals surface area contributed by atoms with Gasteiger partial charge in [0.2, 0.25) is 0 Å². The first-order chi connectivity index (χ1) is 11.8. The van der Waals surface area contributed by atoms with Gasteiger partial charge in [-0.15, -0.1) is 0 Å². The number of ether oxygens (including phenoxy) is 2. The van der Waals surface area contributed by atoms with Crippen LogP contribution in [-0.2, 0) is 17.9 Å². The maximum Gasteiger partial charge on any atom is 0.130 e. The fourth-order valence-corrected chi connectivity index (χ4v) is 3.05. The summed E-state index contributed by atoms with van der Waals surface area (Å²) in [5.74, 6) is 1.60. The van der Waals surface area contributed by atoms with Gasteiger partial charge < -0.3 is 14.8 Å². The molecule has 0 radical (unpaired) electrons. The van der Waals surface area contributed by atoms with E-state index in [1.54, 1.807) is 6.20 Å². The summed E-state index contributed by atoms with van der Waals surface area (Å²) in [5.41, 5.74) is 2.18. The molecule has 0 amide bonds. The Morgan fingerprint density at radius 2 is 2.08 bits per heavy atom. The molecule has 0 spiro atoms. The normalized spacial score (nSPS) is 16.7. The third kappa shape index (κ3) is 5.05. The van der Waals surface area contributed by atoms with Crippen LogP contribution in [0.2, 0.25) is 0 Å². The molecule has 1 fully saturated rings. The Balaban J connectivity index is 1.49. The minimum Gasteiger partial charge on any atom is -0.487 e. The van der Waals surface area contributed by atoms with E-state index in [9.17, 15) is 0 Å². The molecule has 1 saturated heterocycles. The molecule has 4 heteroatoms. The Kier molecular flexibility index (Phi) is 6.21. The molecule has 0 aliphatic carbocycles. The van der Waals surface area contributed by atoms with Gasteiger partial charge in [0.25, 0.3) is 0 Å². The van der Waals surface area contributed by atoms with Crippen LogP contribution >= 0.6 is 0 Å². The standard InChI is InChI=1S/C20H26N2O2/c1-16(18-8-11-23-12-9-18)22-14-17-5-4-7-20(13-17)24-15-19-6-2-3-10-21-19/h2-7,10,13,16,18,22H,8-9,11-12,14-15H2,1H3/t16-/m0/s1. The van der Waals surface area contributed by atoms with Crippen molar-refractivity contribution < 1.29 is 9.47 Å². The predicted octanol–water partition coefficient (Wildman–Crippen LogP) is 3.57. The molecule has 0 unspecified atom stereocenters. The highest BCUT2D eigenvalue weighted by atomic mass is 16.5. The molecule has 1 aromatic carbocycles. The highest BCUT2D eigenvalue weighted by Gasteiger charge is 2.19. The summed E-state index contributed by atoms with van der Waals surface area (Å²) in [6.45, 7) is 5.42. The predicted molar refractivity (Wildman–Crippen MR) is 94.9 cm³/mol. The van der Waals surface area contributed by atoms with Crippen molar-refractivity contribution in [2.75, 3.05) is 13.2 Å². The van der Waals surface area contributed by atoms with E-state index in [-0.39, 0.29) is 0 Å². The number of nitrogens with one attached hydrogen (secondary N) is 1. The van der Waals surface area contributed by atoms with E-state index >= 15 is 0 Å². The summed E-state index contributed by atoms with van der Waals surface area (Å²) in [4.78, 5) is 4.28. The molecule has 1 N–H and O–H groups in total. The fraction of sp³-hybridized carbons (Fsp3) is 0.450. The summed E-state index contributed by atoms with van der Waals surface area (Å²) in [7, 11) is 0. The summed E-state index contributed by atoms with van der Waals surface area (Å²) < 4.78 is 11.3. The Labute approximate surface area is 144 Å². The second-order valence-electron chi connectivity index (χ2n) is 6.38. The van der Waals surface area contributed by atoms with Gasteiger partial charge in [-0.05, 0) is 55.5 Å². The first-order valence-corrected chi connectivity index (χ1v) is 8.74. The van der Waals surface area contributed by atoms with Crippen molar-refractivity contribution in [2.45, 2.75) is 39.0 Å². The lowest BCUT2D eigenvalue weighted by atomic mass is 9.93. The largest absolute Gasteiger partial charge is 0.487 e. The molecule has 128 valence electrons. The maximum absolute atomic E-state index is 5.85. The van der Waals surface area contributed by atoms with Gasteiger partial charge in [0, 0.05) is 32.0 Å². The van der Waals surface area contributed by atoms with E-state index in [1.807, 2.05) is 30.3 Å². The van der Waals surface area contributed by atoms with Crippen molar-refractivity contribution in [3.63, 3.8) is 0 Å². The number of benzene rings is 1. The van der Waals surface area contributed by atoms with E-state index in [0.29, 0.717) is 18.6 Å². The van der Waals surface area contributed by atoms with Crippen LogP contribution < -0.4 is 10.1 Å². The second-order valence-corrected chi connectivity index (χ2v) is 6.38. The number of hydrogen-bond acceptors (Lipinski definition) is 4. The van der Waals surface area contributed by atoms with Crippen LogP contribution in [0.15, 0.2) is 48.7 Å². The fourth-order valence-electron chi connectivity index (χ4n) is 3.05. The van der Waals surface area contributed by atoms with Crippen molar-refractivity contribution in [2.24, 2.45) is 5.92 Å². The van der Waals surface area contributed by atoms with Gasteiger partial charge in [0.1, 0.15) is 12.4 Å². The molecule has 1 aliphatic rings. The van der Waals surface area contributed by atoms with Crippen molar-refractivity contribution in [1.29, 1.82) is 0 Å². The Hall–Kier alpha value is -1.91. The van der Waals surface area contributed by atoms with E-state index in [2.05, 4.69) is 29.4 Å². The second kappa shape index (κ2) is 8.81. The number of pyridine rings is 1. The van der Waals surface area contributed by atoms with E-state index in [1.165, 1.54) is 5.56 Å². The molecule has 1 aromatic heterocycles. The van der Waals surface area contributed by atoms with Gasteiger partial charge in [-0.25, -0.2) is 0 Å². The van der Waals surface area contributed by atoms with Crippen molar-refractivity contribution in [3.8, 4) is 5.75 Å². The molecule has 2 aromatic rings. The SMILES string of the molecule is C[C@H](NCc1cccc(OCc2ccccn2)c1)C1CCOCC1. The van der Waals surface area contributed by atoms with Crippen LogP contribution in [0.1, 0.15) is 31.0 Å². The zero-order chi connectivity index (χ0) is 16.6. The minimum absolute atomic E-state index is 0.496. The lowest BCUT2D eigenvalue weighted by Gasteiger charge is -2.28. The van der Waals surface area contributed by atoms with Gasteiger partial charge in [-0.1, -0.05) is 18.2 Å². The van der Waals surface area contributed by atoms with Crippen LogP contribution in [-0.4, -0.2) is 24.2 Å². The Morgan fingerprint density at radius 3 is 2.88 bits per heavy atom. The lowest BCUT2D eigenvalue weighted by Crippen LogP contribution is -2.36. The van der Waals surface area contributed by atoms with Gasteiger partial charge in [-0.2, -0.15) is 0 Å².